The van der Waals surface area contributed by atoms with Gasteiger partial charge in [-0.3, -0.25) is 0 Å². The van der Waals surface area contributed by atoms with Crippen molar-refractivity contribution in [2.24, 2.45) is 5.92 Å². The molecule has 1 aliphatic rings. The number of aromatic nitrogens is 2. The van der Waals surface area contributed by atoms with Crippen LogP contribution in [0.3, 0.4) is 0 Å². The smallest absolute Gasteiger partial charge is 0.224 e. The quantitative estimate of drug-likeness (QED) is 0.925. The molecule has 18 heavy (non-hydrogen) atoms. The minimum Gasteiger partial charge on any atom is -0.381 e. The van der Waals surface area contributed by atoms with E-state index in [4.69, 9.17) is 4.74 Å². The van der Waals surface area contributed by atoms with Crippen molar-refractivity contribution in [2.45, 2.75) is 25.8 Å². The molecule has 0 saturated carbocycles. The van der Waals surface area contributed by atoms with E-state index in [1.807, 2.05) is 17.6 Å². The third-order valence-electron chi connectivity index (χ3n) is 3.54. The van der Waals surface area contributed by atoms with Gasteiger partial charge in [-0.2, -0.15) is 0 Å². The van der Waals surface area contributed by atoms with Gasteiger partial charge in [0.25, 0.3) is 0 Å². The Kier molecular flexibility index (Phi) is 3.43. The van der Waals surface area contributed by atoms with Gasteiger partial charge in [-0.15, -0.1) is 11.3 Å². The Morgan fingerprint density at radius 1 is 1.44 bits per heavy atom. The number of fused-ring (bicyclic) bond motifs is 1. The van der Waals surface area contributed by atoms with Gasteiger partial charge in [0.05, 0.1) is 0 Å². The summed E-state index contributed by atoms with van der Waals surface area (Å²) in [4.78, 5) is 9.95. The zero-order valence-corrected chi connectivity index (χ0v) is 11.2. The van der Waals surface area contributed by atoms with E-state index in [0.717, 1.165) is 42.2 Å². The summed E-state index contributed by atoms with van der Waals surface area (Å²) in [6, 6.07) is 2.44. The fourth-order valence-electron chi connectivity index (χ4n) is 2.36. The largest absolute Gasteiger partial charge is 0.381 e. The van der Waals surface area contributed by atoms with Crippen LogP contribution in [0.4, 0.5) is 5.95 Å². The molecule has 2 aromatic rings. The van der Waals surface area contributed by atoms with Crippen molar-refractivity contribution in [1.82, 2.24) is 9.97 Å². The molecule has 1 fully saturated rings. The van der Waals surface area contributed by atoms with Gasteiger partial charge in [0.1, 0.15) is 4.83 Å². The molecule has 0 bridgehead atoms. The van der Waals surface area contributed by atoms with Crippen molar-refractivity contribution in [3.8, 4) is 0 Å². The standard InChI is InChI=1S/C13H17N3OS/c1-9(10-2-5-17-6-3-10)15-13-14-8-11-4-7-18-12(11)16-13/h4,7-10H,2-3,5-6H2,1H3,(H,14,15,16). The minimum atomic E-state index is 0.395. The molecule has 0 amide bonds. The molecule has 0 radical (unpaired) electrons. The fourth-order valence-corrected chi connectivity index (χ4v) is 3.10. The van der Waals surface area contributed by atoms with E-state index in [-0.39, 0.29) is 0 Å². The Bertz CT molecular complexity index is 522. The topological polar surface area (TPSA) is 47.0 Å². The summed E-state index contributed by atoms with van der Waals surface area (Å²) in [6.07, 6.45) is 4.13. The first kappa shape index (κ1) is 11.9. The van der Waals surface area contributed by atoms with Gasteiger partial charge in [-0.05, 0) is 37.1 Å². The summed E-state index contributed by atoms with van der Waals surface area (Å²) in [5.74, 6) is 1.39. The van der Waals surface area contributed by atoms with E-state index in [1.54, 1.807) is 11.3 Å². The summed E-state index contributed by atoms with van der Waals surface area (Å²) < 4.78 is 5.39. The van der Waals surface area contributed by atoms with Crippen molar-refractivity contribution < 1.29 is 4.74 Å². The SMILES string of the molecule is CC(Nc1ncc2ccsc2n1)C1CCOCC1. The summed E-state index contributed by atoms with van der Waals surface area (Å²) >= 11 is 1.65. The first-order valence-corrected chi connectivity index (χ1v) is 7.25. The lowest BCUT2D eigenvalue weighted by atomic mass is 9.93. The summed E-state index contributed by atoms with van der Waals surface area (Å²) in [7, 11) is 0. The lowest BCUT2D eigenvalue weighted by molar-refractivity contribution is 0.0621. The highest BCUT2D eigenvalue weighted by molar-refractivity contribution is 7.16. The lowest BCUT2D eigenvalue weighted by Gasteiger charge is -2.28. The van der Waals surface area contributed by atoms with E-state index in [1.165, 1.54) is 0 Å². The molecule has 0 spiro atoms. The van der Waals surface area contributed by atoms with Crippen LogP contribution in [0, 0.1) is 5.92 Å². The molecule has 1 saturated heterocycles. The Morgan fingerprint density at radius 2 is 2.28 bits per heavy atom. The Labute approximate surface area is 110 Å². The molecule has 0 aromatic carbocycles. The van der Waals surface area contributed by atoms with Crippen molar-refractivity contribution in [3.05, 3.63) is 17.6 Å². The van der Waals surface area contributed by atoms with E-state index in [9.17, 15) is 0 Å². The summed E-state index contributed by atoms with van der Waals surface area (Å²) in [5, 5.41) is 6.58. The summed E-state index contributed by atoms with van der Waals surface area (Å²) in [5.41, 5.74) is 0. The number of hydrogen-bond acceptors (Lipinski definition) is 5. The van der Waals surface area contributed by atoms with Gasteiger partial charge >= 0.3 is 0 Å². The van der Waals surface area contributed by atoms with E-state index >= 15 is 0 Å². The maximum absolute atomic E-state index is 5.39. The third-order valence-corrected chi connectivity index (χ3v) is 4.36. The van der Waals surface area contributed by atoms with Crippen molar-refractivity contribution in [1.29, 1.82) is 0 Å². The second kappa shape index (κ2) is 5.20. The molecule has 0 aliphatic carbocycles. The predicted molar refractivity (Wildman–Crippen MR) is 74.0 cm³/mol. The third kappa shape index (κ3) is 2.47. The molecule has 1 unspecified atom stereocenters. The van der Waals surface area contributed by atoms with Gasteiger partial charge in [-0.25, -0.2) is 9.97 Å². The number of thiophene rings is 1. The van der Waals surface area contributed by atoms with E-state index in [2.05, 4.69) is 22.2 Å². The van der Waals surface area contributed by atoms with Crippen molar-refractivity contribution in [3.63, 3.8) is 0 Å². The zero-order chi connectivity index (χ0) is 12.4. The molecule has 1 aliphatic heterocycles. The van der Waals surface area contributed by atoms with Crippen LogP contribution in [0.15, 0.2) is 17.6 Å². The van der Waals surface area contributed by atoms with Crippen LogP contribution in [-0.4, -0.2) is 29.2 Å². The van der Waals surface area contributed by atoms with Crippen LogP contribution >= 0.6 is 11.3 Å². The van der Waals surface area contributed by atoms with Crippen LogP contribution in [0.5, 0.6) is 0 Å². The van der Waals surface area contributed by atoms with Crippen LogP contribution in [0.1, 0.15) is 19.8 Å². The highest BCUT2D eigenvalue weighted by atomic mass is 32.1. The van der Waals surface area contributed by atoms with Crippen LogP contribution in [-0.2, 0) is 4.74 Å². The molecule has 3 rings (SSSR count). The number of hydrogen-bond donors (Lipinski definition) is 1. The van der Waals surface area contributed by atoms with Crippen LogP contribution < -0.4 is 5.32 Å². The number of ether oxygens (including phenoxy) is 1. The van der Waals surface area contributed by atoms with Crippen LogP contribution in [0.25, 0.3) is 10.2 Å². The van der Waals surface area contributed by atoms with E-state index in [0.29, 0.717) is 12.0 Å². The molecule has 96 valence electrons. The monoisotopic (exact) mass is 263 g/mol. The molecular formula is C13H17N3OS. The molecular weight excluding hydrogens is 246 g/mol. The predicted octanol–water partition coefficient (Wildman–Crippen LogP) is 2.92. The lowest BCUT2D eigenvalue weighted by Crippen LogP contribution is -2.31. The number of nitrogens with one attached hydrogen (secondary N) is 1. The average Bonchev–Trinajstić information content (AvgIpc) is 2.87. The normalized spacial score (nSPS) is 18.9. The molecule has 3 heterocycles. The maximum atomic E-state index is 5.39. The second-order valence-electron chi connectivity index (χ2n) is 4.76. The Morgan fingerprint density at radius 3 is 3.11 bits per heavy atom. The maximum Gasteiger partial charge on any atom is 0.224 e. The molecule has 2 aromatic heterocycles. The number of anilines is 1. The summed E-state index contributed by atoms with van der Waals surface area (Å²) in [6.45, 7) is 3.96. The molecule has 5 heteroatoms. The van der Waals surface area contributed by atoms with E-state index < -0.39 is 0 Å². The van der Waals surface area contributed by atoms with Crippen molar-refractivity contribution >= 4 is 27.5 Å². The molecule has 1 N–H and O–H groups in total. The van der Waals surface area contributed by atoms with Gasteiger partial charge in [0.2, 0.25) is 5.95 Å². The highest BCUT2D eigenvalue weighted by Gasteiger charge is 2.20. The fraction of sp³-hybridized carbons (Fsp3) is 0.538. The molecule has 4 nitrogen and oxygen atoms in total. The molecule has 1 atom stereocenters. The van der Waals surface area contributed by atoms with Gasteiger partial charge in [0.15, 0.2) is 0 Å². The first-order valence-electron chi connectivity index (χ1n) is 6.37. The van der Waals surface area contributed by atoms with Gasteiger partial charge in [-0.1, -0.05) is 0 Å². The minimum absolute atomic E-state index is 0.395. The Hall–Kier alpha value is -1.20. The van der Waals surface area contributed by atoms with Crippen molar-refractivity contribution in [2.75, 3.05) is 18.5 Å². The first-order chi connectivity index (χ1) is 8.83. The average molecular weight is 263 g/mol. The highest BCUT2D eigenvalue weighted by Crippen LogP contribution is 2.22. The zero-order valence-electron chi connectivity index (χ0n) is 10.4. The van der Waals surface area contributed by atoms with Gasteiger partial charge in [0, 0.05) is 30.8 Å². The number of rotatable bonds is 3. The second-order valence-corrected chi connectivity index (χ2v) is 5.65. The number of nitrogens with zero attached hydrogens (tertiary/aromatic N) is 2. The van der Waals surface area contributed by atoms with Gasteiger partial charge < -0.3 is 10.1 Å². The van der Waals surface area contributed by atoms with Crippen LogP contribution in [0.2, 0.25) is 0 Å². The Balaban J connectivity index is 1.70.